The summed E-state index contributed by atoms with van der Waals surface area (Å²) in [7, 11) is 2.98. The van der Waals surface area contributed by atoms with E-state index in [-0.39, 0.29) is 21.8 Å². The van der Waals surface area contributed by atoms with Crippen LogP contribution in [0.3, 0.4) is 0 Å². The van der Waals surface area contributed by atoms with Crippen molar-refractivity contribution in [1.82, 2.24) is 14.1 Å². The van der Waals surface area contributed by atoms with Crippen LogP contribution >= 0.6 is 0 Å². The molecule has 9 heteroatoms. The van der Waals surface area contributed by atoms with Gasteiger partial charge in [-0.2, -0.15) is 0 Å². The molecule has 1 aliphatic heterocycles. The van der Waals surface area contributed by atoms with Gasteiger partial charge in [-0.05, 0) is 55.4 Å². The van der Waals surface area contributed by atoms with Crippen molar-refractivity contribution in [2.75, 3.05) is 41.3 Å². The van der Waals surface area contributed by atoms with Crippen LogP contribution in [0.15, 0.2) is 59.0 Å². The highest BCUT2D eigenvalue weighted by Crippen LogP contribution is 2.39. The predicted octanol–water partition coefficient (Wildman–Crippen LogP) is 3.04. The Morgan fingerprint density at radius 1 is 0.971 bits per heavy atom. The first-order valence-electron chi connectivity index (χ1n) is 11.4. The molecule has 188 valence electrons. The molecule has 0 bridgehead atoms. The predicted molar refractivity (Wildman–Crippen MR) is 135 cm³/mol. The number of aliphatic hydroxyl groups excluding tert-OH is 1. The van der Waals surface area contributed by atoms with E-state index in [1.54, 1.807) is 0 Å². The van der Waals surface area contributed by atoms with Crippen molar-refractivity contribution in [3.8, 4) is 0 Å². The topological polar surface area (TPSA) is 98.2 Å². The molecule has 0 aromatic heterocycles. The van der Waals surface area contributed by atoms with Crippen LogP contribution in [0.4, 0.5) is 0 Å². The number of Topliss-reactive ketones (excluding diaryl/α,β-unsaturated/α-hetero) is 1. The first-order valence-corrected chi connectivity index (χ1v) is 12.9. The average molecular weight is 500 g/mol. The van der Waals surface area contributed by atoms with Gasteiger partial charge in [-0.3, -0.25) is 9.59 Å². The Labute approximate surface area is 207 Å². The summed E-state index contributed by atoms with van der Waals surface area (Å²) in [6, 6.07) is 12.6. The summed E-state index contributed by atoms with van der Waals surface area (Å²) in [5, 5.41) is 11.2. The smallest absolute Gasteiger partial charge is 0.295 e. The quantitative estimate of drug-likeness (QED) is 0.341. The molecule has 3 rings (SSSR count). The molecule has 0 radical (unpaired) electrons. The molecule has 0 spiro atoms. The second kappa shape index (κ2) is 10.3. The lowest BCUT2D eigenvalue weighted by Gasteiger charge is -2.27. The Bertz CT molecular complexity index is 1230. The van der Waals surface area contributed by atoms with Gasteiger partial charge in [0.25, 0.3) is 11.7 Å². The number of nitrogens with zero attached hydrogens (tertiary/aromatic N) is 3. The van der Waals surface area contributed by atoms with Gasteiger partial charge in [0.2, 0.25) is 10.0 Å². The summed E-state index contributed by atoms with van der Waals surface area (Å²) in [5.41, 5.74) is 2.10. The Hall–Kier alpha value is -3.01. The van der Waals surface area contributed by atoms with Gasteiger partial charge < -0.3 is 14.9 Å². The van der Waals surface area contributed by atoms with Crippen LogP contribution < -0.4 is 0 Å². The number of rotatable bonds is 8. The summed E-state index contributed by atoms with van der Waals surface area (Å²) in [6.07, 6.45) is 0. The van der Waals surface area contributed by atoms with E-state index in [0.717, 1.165) is 15.4 Å². The fraction of sp³-hybridized carbons (Fsp3) is 0.385. The summed E-state index contributed by atoms with van der Waals surface area (Å²) in [4.78, 5) is 29.6. The first-order chi connectivity index (χ1) is 16.4. The Morgan fingerprint density at radius 2 is 1.54 bits per heavy atom. The van der Waals surface area contributed by atoms with E-state index in [4.69, 9.17) is 0 Å². The van der Waals surface area contributed by atoms with Crippen molar-refractivity contribution in [3.63, 3.8) is 0 Å². The fourth-order valence-corrected chi connectivity index (χ4v) is 4.88. The standard InChI is InChI=1S/C26H33N3O5S/c1-17(2)18-7-9-19(10-8-18)23-22(25(31)26(32)29(23)16-15-27(3)4)24(30)20-11-13-21(14-12-20)35(33,34)28(5)6/h7-14,17,23,30H,15-16H2,1-6H3/b24-22-. The second-order valence-electron chi connectivity index (χ2n) is 9.43. The molecule has 1 aliphatic rings. The van der Waals surface area contributed by atoms with Crippen LogP contribution in [0.25, 0.3) is 5.76 Å². The highest BCUT2D eigenvalue weighted by atomic mass is 32.2. The Kier molecular flexibility index (Phi) is 7.83. The Morgan fingerprint density at radius 3 is 2.03 bits per heavy atom. The Balaban J connectivity index is 2.12. The number of amides is 1. The van der Waals surface area contributed by atoms with Crippen LogP contribution in [-0.4, -0.2) is 80.6 Å². The molecule has 35 heavy (non-hydrogen) atoms. The lowest BCUT2D eigenvalue weighted by molar-refractivity contribution is -0.140. The number of ketones is 1. The van der Waals surface area contributed by atoms with Crippen molar-refractivity contribution >= 4 is 27.5 Å². The van der Waals surface area contributed by atoms with Crippen LogP contribution in [0.5, 0.6) is 0 Å². The lowest BCUT2D eigenvalue weighted by Crippen LogP contribution is -2.35. The van der Waals surface area contributed by atoms with E-state index in [1.165, 1.54) is 43.3 Å². The number of hydrogen-bond acceptors (Lipinski definition) is 6. The van der Waals surface area contributed by atoms with Gasteiger partial charge in [-0.15, -0.1) is 0 Å². The number of carbonyl (C=O) groups excluding carboxylic acids is 2. The number of hydrogen-bond donors (Lipinski definition) is 1. The molecule has 2 aromatic carbocycles. The summed E-state index contributed by atoms with van der Waals surface area (Å²) in [6.45, 7) is 5.02. The number of aliphatic hydroxyl groups is 1. The van der Waals surface area contributed by atoms with Crippen LogP contribution in [-0.2, 0) is 19.6 Å². The zero-order valence-corrected chi connectivity index (χ0v) is 21.8. The molecule has 8 nitrogen and oxygen atoms in total. The maximum Gasteiger partial charge on any atom is 0.295 e. The van der Waals surface area contributed by atoms with E-state index in [9.17, 15) is 23.1 Å². The number of sulfonamides is 1. The molecule has 1 N–H and O–H groups in total. The average Bonchev–Trinajstić information content (AvgIpc) is 3.07. The van der Waals surface area contributed by atoms with Gasteiger partial charge in [0.1, 0.15) is 5.76 Å². The van der Waals surface area contributed by atoms with Gasteiger partial charge in [-0.25, -0.2) is 12.7 Å². The molecule has 1 unspecified atom stereocenters. The molecule has 1 fully saturated rings. The third kappa shape index (κ3) is 5.32. The molecular formula is C26H33N3O5S. The van der Waals surface area contributed by atoms with E-state index in [2.05, 4.69) is 13.8 Å². The molecular weight excluding hydrogens is 466 g/mol. The number of carbonyl (C=O) groups is 2. The monoisotopic (exact) mass is 499 g/mol. The van der Waals surface area contributed by atoms with E-state index in [1.807, 2.05) is 43.3 Å². The van der Waals surface area contributed by atoms with Crippen LogP contribution in [0.2, 0.25) is 0 Å². The van der Waals surface area contributed by atoms with E-state index < -0.39 is 27.8 Å². The minimum atomic E-state index is -3.65. The maximum atomic E-state index is 13.1. The van der Waals surface area contributed by atoms with E-state index in [0.29, 0.717) is 19.0 Å². The minimum Gasteiger partial charge on any atom is -0.507 e. The van der Waals surface area contributed by atoms with Crippen LogP contribution in [0, 0.1) is 0 Å². The maximum absolute atomic E-state index is 13.1. The van der Waals surface area contributed by atoms with Gasteiger partial charge in [0.05, 0.1) is 16.5 Å². The molecule has 1 atom stereocenters. The van der Waals surface area contributed by atoms with Crippen molar-refractivity contribution in [1.29, 1.82) is 0 Å². The fourth-order valence-electron chi connectivity index (χ4n) is 3.98. The molecule has 0 saturated carbocycles. The summed E-state index contributed by atoms with van der Waals surface area (Å²) < 4.78 is 25.9. The van der Waals surface area contributed by atoms with Crippen molar-refractivity contribution in [3.05, 3.63) is 70.8 Å². The lowest BCUT2D eigenvalue weighted by atomic mass is 9.93. The first kappa shape index (κ1) is 26.6. The molecule has 0 aliphatic carbocycles. The van der Waals surface area contributed by atoms with Gasteiger partial charge in [-0.1, -0.05) is 38.1 Å². The summed E-state index contributed by atoms with van der Waals surface area (Å²) in [5.74, 6) is -1.44. The highest BCUT2D eigenvalue weighted by Gasteiger charge is 2.45. The van der Waals surface area contributed by atoms with Crippen molar-refractivity contribution in [2.45, 2.75) is 30.7 Å². The molecule has 1 saturated heterocycles. The number of benzene rings is 2. The van der Waals surface area contributed by atoms with Crippen LogP contribution in [0.1, 0.15) is 42.5 Å². The zero-order chi connectivity index (χ0) is 26.1. The molecule has 1 amide bonds. The minimum absolute atomic E-state index is 0.00531. The third-order valence-corrected chi connectivity index (χ3v) is 7.98. The zero-order valence-electron chi connectivity index (χ0n) is 21.0. The van der Waals surface area contributed by atoms with Crippen molar-refractivity contribution in [2.24, 2.45) is 0 Å². The SMILES string of the molecule is CC(C)c1ccc(C2/C(=C(/O)c3ccc(S(=O)(=O)N(C)C)cc3)C(=O)C(=O)N2CCN(C)C)cc1. The summed E-state index contributed by atoms with van der Waals surface area (Å²) >= 11 is 0. The second-order valence-corrected chi connectivity index (χ2v) is 11.6. The van der Waals surface area contributed by atoms with E-state index >= 15 is 0 Å². The van der Waals surface area contributed by atoms with Gasteiger partial charge >= 0.3 is 0 Å². The molecule has 1 heterocycles. The van der Waals surface area contributed by atoms with Crippen molar-refractivity contribution < 1.29 is 23.1 Å². The normalized spacial score (nSPS) is 18.3. The highest BCUT2D eigenvalue weighted by molar-refractivity contribution is 7.89. The molecule has 2 aromatic rings. The number of likely N-dealkylation sites (tertiary alicyclic amines) is 1. The number of likely N-dealkylation sites (N-methyl/N-ethyl adjacent to an activating group) is 1. The largest absolute Gasteiger partial charge is 0.507 e. The van der Waals surface area contributed by atoms with Gasteiger partial charge in [0, 0.05) is 32.7 Å². The third-order valence-electron chi connectivity index (χ3n) is 6.15. The van der Waals surface area contributed by atoms with Gasteiger partial charge in [0.15, 0.2) is 0 Å².